The van der Waals surface area contributed by atoms with Gasteiger partial charge in [0.05, 0.1) is 11.0 Å². The second-order valence-electron chi connectivity index (χ2n) is 7.57. The van der Waals surface area contributed by atoms with Crippen molar-refractivity contribution in [1.29, 1.82) is 0 Å². The number of rotatable bonds is 14. The first-order chi connectivity index (χ1) is 12.3. The van der Waals surface area contributed by atoms with Crippen LogP contribution in [0.3, 0.4) is 0 Å². The second kappa shape index (κ2) is 12.1. The van der Waals surface area contributed by atoms with Crippen molar-refractivity contribution < 1.29 is 0 Å². The minimum absolute atomic E-state index is 1.07. The normalized spacial score (nSPS) is 11.4. The van der Waals surface area contributed by atoms with E-state index in [1.807, 2.05) is 0 Å². The molecule has 0 aliphatic carbocycles. The number of unbranched alkanes of at least 4 members (excludes halogenated alkanes) is 10. The number of aromatic nitrogens is 2. The largest absolute Gasteiger partial charge is 0.342 e. The topological polar surface area (TPSA) is 28.7 Å². The van der Waals surface area contributed by atoms with Crippen LogP contribution in [0.4, 0.5) is 0 Å². The molecule has 0 spiro atoms. The van der Waals surface area contributed by atoms with Crippen molar-refractivity contribution in [1.82, 2.24) is 9.97 Å². The first-order valence-corrected chi connectivity index (χ1v) is 10.8. The summed E-state index contributed by atoms with van der Waals surface area (Å²) in [5.41, 5.74) is 3.80. The van der Waals surface area contributed by atoms with Gasteiger partial charge in [-0.2, -0.15) is 0 Å². The predicted octanol–water partition coefficient (Wildman–Crippen LogP) is 7.37. The summed E-state index contributed by atoms with van der Waals surface area (Å²) in [4.78, 5) is 8.19. The van der Waals surface area contributed by atoms with Crippen molar-refractivity contribution in [3.63, 3.8) is 0 Å². The second-order valence-corrected chi connectivity index (χ2v) is 7.57. The van der Waals surface area contributed by atoms with E-state index in [4.69, 9.17) is 4.98 Å². The van der Waals surface area contributed by atoms with E-state index in [9.17, 15) is 0 Å². The molecule has 1 heterocycles. The molecular formula is C23H38N2. The third-order valence-corrected chi connectivity index (χ3v) is 5.18. The van der Waals surface area contributed by atoms with Gasteiger partial charge in [0.1, 0.15) is 5.82 Å². The van der Waals surface area contributed by atoms with E-state index in [0.717, 1.165) is 17.8 Å². The molecule has 0 unspecified atom stereocenters. The molecule has 140 valence electrons. The highest BCUT2D eigenvalue weighted by molar-refractivity contribution is 5.75. The van der Waals surface area contributed by atoms with Gasteiger partial charge >= 0.3 is 0 Å². The Kier molecular flexibility index (Phi) is 9.69. The van der Waals surface area contributed by atoms with E-state index in [0.29, 0.717) is 0 Å². The van der Waals surface area contributed by atoms with Gasteiger partial charge < -0.3 is 4.98 Å². The summed E-state index contributed by atoms with van der Waals surface area (Å²) in [6, 6.07) is 6.76. The van der Waals surface area contributed by atoms with Crippen molar-refractivity contribution in [3.8, 4) is 0 Å². The van der Waals surface area contributed by atoms with Crippen molar-refractivity contribution >= 4 is 11.0 Å². The molecule has 25 heavy (non-hydrogen) atoms. The van der Waals surface area contributed by atoms with Crippen molar-refractivity contribution in [2.45, 2.75) is 104 Å². The van der Waals surface area contributed by atoms with Gasteiger partial charge in [-0.25, -0.2) is 4.98 Å². The van der Waals surface area contributed by atoms with Gasteiger partial charge in [-0.3, -0.25) is 0 Å². The van der Waals surface area contributed by atoms with Gasteiger partial charge in [0.15, 0.2) is 0 Å². The van der Waals surface area contributed by atoms with Crippen molar-refractivity contribution in [2.75, 3.05) is 0 Å². The maximum atomic E-state index is 4.69. The fraction of sp³-hybridized carbons (Fsp3) is 0.696. The molecule has 1 aromatic heterocycles. The number of aromatic amines is 1. The maximum absolute atomic E-state index is 4.69. The molecule has 0 bridgehead atoms. The number of nitrogens with one attached hydrogen (secondary N) is 1. The van der Waals surface area contributed by atoms with Crippen molar-refractivity contribution in [3.05, 3.63) is 29.6 Å². The van der Waals surface area contributed by atoms with Crippen LogP contribution in [0.25, 0.3) is 11.0 Å². The van der Waals surface area contributed by atoms with Crippen LogP contribution in [0.15, 0.2) is 18.2 Å². The lowest BCUT2D eigenvalue weighted by atomic mass is 10.0. The smallest absolute Gasteiger partial charge is 0.107 e. The predicted molar refractivity (Wildman–Crippen MR) is 110 cm³/mol. The van der Waals surface area contributed by atoms with Crippen LogP contribution in [0, 0.1) is 0 Å². The van der Waals surface area contributed by atoms with Crippen LogP contribution in [0.2, 0.25) is 0 Å². The lowest BCUT2D eigenvalue weighted by Crippen LogP contribution is -1.87. The molecule has 0 saturated carbocycles. The molecule has 1 N–H and O–H groups in total. The third kappa shape index (κ3) is 7.63. The SMILES string of the molecule is CCCCCCCCCCCCc1ccc2nc(CCCC)[nH]c2c1. The Balaban J connectivity index is 1.61. The zero-order chi connectivity index (χ0) is 17.7. The number of fused-ring (bicyclic) bond motifs is 1. The van der Waals surface area contributed by atoms with Crippen LogP contribution in [-0.2, 0) is 12.8 Å². The molecule has 1 aromatic carbocycles. The first-order valence-electron chi connectivity index (χ1n) is 10.8. The van der Waals surface area contributed by atoms with E-state index in [-0.39, 0.29) is 0 Å². The zero-order valence-corrected chi connectivity index (χ0v) is 16.6. The minimum atomic E-state index is 1.07. The number of benzene rings is 1. The lowest BCUT2D eigenvalue weighted by molar-refractivity contribution is 0.556. The highest BCUT2D eigenvalue weighted by Crippen LogP contribution is 2.17. The molecule has 0 amide bonds. The Bertz CT molecular complexity index is 585. The van der Waals surface area contributed by atoms with Crippen LogP contribution in [0.1, 0.15) is 102 Å². The van der Waals surface area contributed by atoms with Crippen LogP contribution in [0.5, 0.6) is 0 Å². The summed E-state index contributed by atoms with van der Waals surface area (Å²) in [7, 11) is 0. The standard InChI is InChI=1S/C23H38N2/c1-3-5-7-8-9-10-11-12-13-14-15-20-17-18-21-22(19-20)25-23(24-21)16-6-4-2/h17-19H,3-16H2,1-2H3,(H,24,25). The first kappa shape index (κ1) is 20.0. The average Bonchev–Trinajstić information content (AvgIpc) is 3.03. The van der Waals surface area contributed by atoms with Gasteiger partial charge in [0.2, 0.25) is 0 Å². The van der Waals surface area contributed by atoms with Crippen LogP contribution < -0.4 is 0 Å². The minimum Gasteiger partial charge on any atom is -0.342 e. The number of nitrogens with zero attached hydrogens (tertiary/aromatic N) is 1. The number of hydrogen-bond acceptors (Lipinski definition) is 1. The molecule has 0 aliphatic rings. The Labute approximate surface area is 154 Å². The van der Waals surface area contributed by atoms with Crippen molar-refractivity contribution in [2.24, 2.45) is 0 Å². The molecule has 0 fully saturated rings. The number of H-pyrrole nitrogens is 1. The Hall–Kier alpha value is -1.31. The lowest BCUT2D eigenvalue weighted by Gasteiger charge is -2.03. The fourth-order valence-electron chi connectivity index (χ4n) is 3.54. The monoisotopic (exact) mass is 342 g/mol. The summed E-state index contributed by atoms with van der Waals surface area (Å²) >= 11 is 0. The molecule has 0 radical (unpaired) electrons. The van der Waals surface area contributed by atoms with E-state index in [1.165, 1.54) is 94.6 Å². The molecular weight excluding hydrogens is 304 g/mol. The molecule has 0 atom stereocenters. The summed E-state index contributed by atoms with van der Waals surface area (Å²) in [6.45, 7) is 4.52. The van der Waals surface area contributed by atoms with Gasteiger partial charge in [-0.15, -0.1) is 0 Å². The molecule has 2 aromatic rings. The number of aryl methyl sites for hydroxylation is 2. The fourth-order valence-corrected chi connectivity index (χ4v) is 3.54. The van der Waals surface area contributed by atoms with Crippen LogP contribution >= 0.6 is 0 Å². The summed E-state index contributed by atoms with van der Waals surface area (Å²) in [6.07, 6.45) is 18.8. The maximum Gasteiger partial charge on any atom is 0.107 e. The summed E-state index contributed by atoms with van der Waals surface area (Å²) < 4.78 is 0. The Morgan fingerprint density at radius 3 is 2.04 bits per heavy atom. The third-order valence-electron chi connectivity index (χ3n) is 5.18. The molecule has 2 rings (SSSR count). The van der Waals surface area contributed by atoms with E-state index < -0.39 is 0 Å². The summed E-state index contributed by atoms with van der Waals surface area (Å²) in [5.74, 6) is 1.15. The highest BCUT2D eigenvalue weighted by atomic mass is 14.9. The van der Waals surface area contributed by atoms with E-state index in [1.54, 1.807) is 0 Å². The van der Waals surface area contributed by atoms with Gasteiger partial charge in [-0.1, -0.05) is 84.1 Å². The Morgan fingerprint density at radius 2 is 1.36 bits per heavy atom. The quantitative estimate of drug-likeness (QED) is 0.357. The molecule has 0 aliphatic heterocycles. The summed E-state index contributed by atoms with van der Waals surface area (Å²) in [5, 5.41) is 0. The highest BCUT2D eigenvalue weighted by Gasteiger charge is 2.03. The van der Waals surface area contributed by atoms with E-state index >= 15 is 0 Å². The number of hydrogen-bond donors (Lipinski definition) is 1. The number of imidazole rings is 1. The van der Waals surface area contributed by atoms with E-state index in [2.05, 4.69) is 37.0 Å². The zero-order valence-electron chi connectivity index (χ0n) is 16.6. The van der Waals surface area contributed by atoms with Gasteiger partial charge in [0.25, 0.3) is 0 Å². The molecule has 0 saturated heterocycles. The Morgan fingerprint density at radius 1 is 0.720 bits per heavy atom. The van der Waals surface area contributed by atoms with Gasteiger partial charge in [-0.05, 0) is 37.0 Å². The van der Waals surface area contributed by atoms with Crippen LogP contribution in [-0.4, -0.2) is 9.97 Å². The molecule has 2 nitrogen and oxygen atoms in total. The average molecular weight is 343 g/mol. The van der Waals surface area contributed by atoms with Gasteiger partial charge in [0, 0.05) is 6.42 Å². The molecule has 2 heteroatoms.